The summed E-state index contributed by atoms with van der Waals surface area (Å²) in [5, 5.41) is 13.7. The van der Waals surface area contributed by atoms with Crippen LogP contribution in [-0.2, 0) is 0 Å². The number of pyridine rings is 1. The highest BCUT2D eigenvalue weighted by Gasteiger charge is 2.08. The molecule has 0 saturated heterocycles. The zero-order valence-corrected chi connectivity index (χ0v) is 9.64. The molecule has 5 heteroatoms. The fraction of sp³-hybridized carbons (Fsp3) is 0.545. The zero-order valence-electron chi connectivity index (χ0n) is 9.64. The van der Waals surface area contributed by atoms with Gasteiger partial charge in [0.15, 0.2) is 0 Å². The minimum absolute atomic E-state index is 0.0223. The highest BCUT2D eigenvalue weighted by atomic mass is 16.6. The molecule has 0 aliphatic carbocycles. The Morgan fingerprint density at radius 3 is 2.69 bits per heavy atom. The van der Waals surface area contributed by atoms with E-state index in [2.05, 4.69) is 24.1 Å². The number of hydrogen-bond donors (Lipinski definition) is 1. The van der Waals surface area contributed by atoms with Crippen molar-refractivity contribution in [2.75, 3.05) is 5.32 Å². The third-order valence-corrected chi connectivity index (χ3v) is 2.44. The van der Waals surface area contributed by atoms with Crippen LogP contribution in [0.25, 0.3) is 0 Å². The number of aromatic nitrogens is 1. The minimum Gasteiger partial charge on any atom is -0.367 e. The second kappa shape index (κ2) is 6.05. The van der Waals surface area contributed by atoms with E-state index < -0.39 is 4.92 Å². The van der Waals surface area contributed by atoms with Crippen molar-refractivity contribution in [2.24, 2.45) is 0 Å². The summed E-state index contributed by atoms with van der Waals surface area (Å²) in [7, 11) is 0. The fourth-order valence-corrected chi connectivity index (χ4v) is 1.52. The largest absolute Gasteiger partial charge is 0.367 e. The van der Waals surface area contributed by atoms with E-state index in [-0.39, 0.29) is 5.69 Å². The van der Waals surface area contributed by atoms with Crippen LogP contribution in [0.4, 0.5) is 11.5 Å². The Bertz CT molecular complexity index is 338. The SMILES string of the molecule is CCCC(CC)Nc1ccc([N+](=O)[O-])cn1. The van der Waals surface area contributed by atoms with Crippen LogP contribution in [0, 0.1) is 10.1 Å². The van der Waals surface area contributed by atoms with E-state index in [4.69, 9.17) is 0 Å². The molecule has 1 N–H and O–H groups in total. The molecule has 0 aliphatic rings. The van der Waals surface area contributed by atoms with E-state index in [0.717, 1.165) is 19.3 Å². The van der Waals surface area contributed by atoms with Crippen molar-refractivity contribution < 1.29 is 4.92 Å². The molecule has 1 unspecified atom stereocenters. The lowest BCUT2D eigenvalue weighted by Crippen LogP contribution is -2.18. The smallest absolute Gasteiger partial charge is 0.287 e. The first kappa shape index (κ1) is 12.4. The Hall–Kier alpha value is -1.65. The number of nitro groups is 1. The molecule has 1 atom stereocenters. The summed E-state index contributed by atoms with van der Waals surface area (Å²) in [5.74, 6) is 0.700. The number of anilines is 1. The van der Waals surface area contributed by atoms with Gasteiger partial charge in [-0.3, -0.25) is 10.1 Å². The van der Waals surface area contributed by atoms with Gasteiger partial charge in [0.2, 0.25) is 0 Å². The van der Waals surface area contributed by atoms with Crippen molar-refractivity contribution in [2.45, 2.75) is 39.2 Å². The molecule has 1 rings (SSSR count). The van der Waals surface area contributed by atoms with Gasteiger partial charge in [0.05, 0.1) is 4.92 Å². The highest BCUT2D eigenvalue weighted by Crippen LogP contribution is 2.14. The van der Waals surface area contributed by atoms with Crippen LogP contribution in [0.15, 0.2) is 18.3 Å². The lowest BCUT2D eigenvalue weighted by Gasteiger charge is -2.16. The van der Waals surface area contributed by atoms with Gasteiger partial charge in [0, 0.05) is 12.1 Å². The number of nitrogens with zero attached hydrogens (tertiary/aromatic N) is 2. The van der Waals surface area contributed by atoms with Gasteiger partial charge in [-0.05, 0) is 18.9 Å². The Kier molecular flexibility index (Phi) is 4.69. The predicted octanol–water partition coefficient (Wildman–Crippen LogP) is 2.98. The lowest BCUT2D eigenvalue weighted by molar-refractivity contribution is -0.385. The predicted molar refractivity (Wildman–Crippen MR) is 63.5 cm³/mol. The summed E-state index contributed by atoms with van der Waals surface area (Å²) in [5.41, 5.74) is 0.0223. The van der Waals surface area contributed by atoms with Crippen LogP contribution in [0.5, 0.6) is 0 Å². The van der Waals surface area contributed by atoms with Gasteiger partial charge in [-0.15, -0.1) is 0 Å². The zero-order chi connectivity index (χ0) is 12.0. The summed E-state index contributed by atoms with van der Waals surface area (Å²) in [6, 6.07) is 3.50. The molecule has 0 fully saturated rings. The summed E-state index contributed by atoms with van der Waals surface area (Å²) in [6.45, 7) is 4.24. The number of nitrogens with one attached hydrogen (secondary N) is 1. The molecule has 0 spiro atoms. The van der Waals surface area contributed by atoms with E-state index in [9.17, 15) is 10.1 Å². The Balaban J connectivity index is 2.63. The Labute approximate surface area is 95.0 Å². The van der Waals surface area contributed by atoms with Gasteiger partial charge >= 0.3 is 0 Å². The maximum Gasteiger partial charge on any atom is 0.287 e. The minimum atomic E-state index is -0.444. The van der Waals surface area contributed by atoms with E-state index in [1.54, 1.807) is 6.07 Å². The topological polar surface area (TPSA) is 68.1 Å². The first-order valence-electron chi connectivity index (χ1n) is 5.54. The summed E-state index contributed by atoms with van der Waals surface area (Å²) in [6.07, 6.45) is 4.49. The molecular weight excluding hydrogens is 206 g/mol. The van der Waals surface area contributed by atoms with Crippen LogP contribution in [0.2, 0.25) is 0 Å². The third-order valence-electron chi connectivity index (χ3n) is 2.44. The van der Waals surface area contributed by atoms with Gasteiger partial charge in [-0.25, -0.2) is 4.98 Å². The van der Waals surface area contributed by atoms with Gasteiger partial charge in [0.25, 0.3) is 5.69 Å². The molecule has 16 heavy (non-hydrogen) atoms. The van der Waals surface area contributed by atoms with Crippen molar-refractivity contribution >= 4 is 11.5 Å². The third kappa shape index (κ3) is 3.49. The molecule has 1 heterocycles. The van der Waals surface area contributed by atoms with Crippen molar-refractivity contribution in [3.8, 4) is 0 Å². The summed E-state index contributed by atoms with van der Waals surface area (Å²) < 4.78 is 0. The molecular formula is C11H17N3O2. The summed E-state index contributed by atoms with van der Waals surface area (Å²) in [4.78, 5) is 14.0. The maximum absolute atomic E-state index is 10.4. The Morgan fingerprint density at radius 1 is 1.50 bits per heavy atom. The second-order valence-corrected chi connectivity index (χ2v) is 3.70. The number of rotatable bonds is 6. The molecule has 0 radical (unpaired) electrons. The van der Waals surface area contributed by atoms with E-state index in [1.165, 1.54) is 12.3 Å². The summed E-state index contributed by atoms with van der Waals surface area (Å²) >= 11 is 0. The standard InChI is InChI=1S/C11H17N3O2/c1-3-5-9(4-2)13-11-7-6-10(8-12-11)14(15)16/h6-9H,3-5H2,1-2H3,(H,12,13). The van der Waals surface area contributed by atoms with Gasteiger partial charge in [-0.1, -0.05) is 20.3 Å². The van der Waals surface area contributed by atoms with Gasteiger partial charge in [0.1, 0.15) is 12.0 Å². The van der Waals surface area contributed by atoms with Crippen molar-refractivity contribution in [1.82, 2.24) is 4.98 Å². The molecule has 1 aromatic rings. The van der Waals surface area contributed by atoms with E-state index >= 15 is 0 Å². The number of hydrogen-bond acceptors (Lipinski definition) is 4. The Morgan fingerprint density at radius 2 is 2.25 bits per heavy atom. The van der Waals surface area contributed by atoms with E-state index in [1.807, 2.05) is 0 Å². The molecule has 88 valence electrons. The average Bonchev–Trinajstić information content (AvgIpc) is 2.29. The van der Waals surface area contributed by atoms with Crippen molar-refractivity contribution in [3.63, 3.8) is 0 Å². The van der Waals surface area contributed by atoms with Crippen molar-refractivity contribution in [3.05, 3.63) is 28.4 Å². The van der Waals surface area contributed by atoms with Crippen molar-refractivity contribution in [1.29, 1.82) is 0 Å². The average molecular weight is 223 g/mol. The van der Waals surface area contributed by atoms with Gasteiger partial charge < -0.3 is 5.32 Å². The van der Waals surface area contributed by atoms with Crippen LogP contribution >= 0.6 is 0 Å². The highest BCUT2D eigenvalue weighted by molar-refractivity contribution is 5.40. The molecule has 0 aromatic carbocycles. The second-order valence-electron chi connectivity index (χ2n) is 3.70. The van der Waals surface area contributed by atoms with Crippen LogP contribution in [0.1, 0.15) is 33.1 Å². The van der Waals surface area contributed by atoms with Crippen LogP contribution < -0.4 is 5.32 Å². The first-order valence-corrected chi connectivity index (χ1v) is 5.54. The lowest BCUT2D eigenvalue weighted by atomic mass is 10.1. The molecule has 1 aromatic heterocycles. The normalized spacial score (nSPS) is 12.1. The van der Waals surface area contributed by atoms with E-state index in [0.29, 0.717) is 11.9 Å². The maximum atomic E-state index is 10.4. The molecule has 0 amide bonds. The fourth-order valence-electron chi connectivity index (χ4n) is 1.52. The quantitative estimate of drug-likeness (QED) is 0.594. The van der Waals surface area contributed by atoms with Crippen LogP contribution in [-0.4, -0.2) is 15.9 Å². The first-order chi connectivity index (χ1) is 7.67. The van der Waals surface area contributed by atoms with Crippen LogP contribution in [0.3, 0.4) is 0 Å². The molecule has 5 nitrogen and oxygen atoms in total. The molecule has 0 aliphatic heterocycles. The monoisotopic (exact) mass is 223 g/mol. The van der Waals surface area contributed by atoms with Gasteiger partial charge in [-0.2, -0.15) is 0 Å². The molecule has 0 saturated carbocycles. The molecule has 0 bridgehead atoms.